The van der Waals surface area contributed by atoms with Gasteiger partial charge in [0.25, 0.3) is 5.91 Å². The molecule has 116 valence electrons. The lowest BCUT2D eigenvalue weighted by molar-refractivity contribution is -0.130. The fourth-order valence-electron chi connectivity index (χ4n) is 1.74. The minimum atomic E-state index is -1.02. The molecule has 1 N–H and O–H groups in total. The van der Waals surface area contributed by atoms with Gasteiger partial charge in [-0.3, -0.25) is 9.78 Å². The van der Waals surface area contributed by atoms with E-state index in [4.69, 9.17) is 9.47 Å². The summed E-state index contributed by atoms with van der Waals surface area (Å²) >= 11 is 1.26. The van der Waals surface area contributed by atoms with E-state index in [-0.39, 0.29) is 0 Å². The predicted molar refractivity (Wildman–Crippen MR) is 81.6 cm³/mol. The van der Waals surface area contributed by atoms with Crippen molar-refractivity contribution in [3.05, 3.63) is 52.5 Å². The summed E-state index contributed by atoms with van der Waals surface area (Å²) in [4.78, 5) is 28.7. The van der Waals surface area contributed by atoms with Crippen molar-refractivity contribution in [1.82, 2.24) is 10.3 Å². The van der Waals surface area contributed by atoms with Crippen LogP contribution in [0.1, 0.15) is 21.3 Å². The third-order valence-corrected chi connectivity index (χ3v) is 3.65. The summed E-state index contributed by atoms with van der Waals surface area (Å²) in [5.74, 6) is -0.924. The second kappa shape index (κ2) is 8.26. The molecule has 0 bridgehead atoms. The van der Waals surface area contributed by atoms with Gasteiger partial charge in [-0.25, -0.2) is 4.79 Å². The summed E-state index contributed by atoms with van der Waals surface area (Å²) in [6.45, 7) is 0.723. The average molecular weight is 320 g/mol. The summed E-state index contributed by atoms with van der Waals surface area (Å²) < 4.78 is 10.3. The van der Waals surface area contributed by atoms with Crippen molar-refractivity contribution in [1.29, 1.82) is 0 Å². The van der Waals surface area contributed by atoms with E-state index >= 15 is 0 Å². The number of methoxy groups -OCH3 is 1. The van der Waals surface area contributed by atoms with Crippen molar-refractivity contribution in [2.45, 2.75) is 6.10 Å². The number of esters is 1. The van der Waals surface area contributed by atoms with Crippen molar-refractivity contribution < 1.29 is 19.1 Å². The van der Waals surface area contributed by atoms with Crippen LogP contribution in [0.5, 0.6) is 0 Å². The van der Waals surface area contributed by atoms with Gasteiger partial charge in [0, 0.05) is 31.6 Å². The number of hydrogen-bond acceptors (Lipinski definition) is 6. The van der Waals surface area contributed by atoms with Crippen LogP contribution < -0.4 is 5.32 Å². The van der Waals surface area contributed by atoms with E-state index in [0.29, 0.717) is 23.6 Å². The van der Waals surface area contributed by atoms with Crippen LogP contribution in [0.4, 0.5) is 0 Å². The van der Waals surface area contributed by atoms with Crippen molar-refractivity contribution >= 4 is 23.2 Å². The highest BCUT2D eigenvalue weighted by molar-refractivity contribution is 7.11. The van der Waals surface area contributed by atoms with E-state index < -0.39 is 18.0 Å². The Morgan fingerprint density at radius 1 is 1.32 bits per heavy atom. The molecule has 0 saturated carbocycles. The molecule has 2 aromatic heterocycles. The number of ether oxygens (including phenoxy) is 2. The maximum Gasteiger partial charge on any atom is 0.349 e. The predicted octanol–water partition coefficient (Wildman–Crippen LogP) is 1.80. The zero-order chi connectivity index (χ0) is 15.8. The van der Waals surface area contributed by atoms with Crippen LogP contribution in [0.25, 0.3) is 0 Å². The van der Waals surface area contributed by atoms with E-state index in [9.17, 15) is 9.59 Å². The zero-order valence-corrected chi connectivity index (χ0v) is 12.8. The molecular formula is C15H16N2O4S. The first-order valence-electron chi connectivity index (χ1n) is 6.63. The van der Waals surface area contributed by atoms with Crippen LogP contribution in [-0.4, -0.2) is 37.1 Å². The van der Waals surface area contributed by atoms with Crippen LogP contribution in [0.15, 0.2) is 42.0 Å². The van der Waals surface area contributed by atoms with Gasteiger partial charge in [-0.1, -0.05) is 6.07 Å². The number of thiophene rings is 1. The third-order valence-electron chi connectivity index (χ3n) is 2.80. The normalized spacial score (nSPS) is 11.7. The highest BCUT2D eigenvalue weighted by Crippen LogP contribution is 2.20. The molecule has 1 amide bonds. The lowest BCUT2D eigenvalue weighted by Crippen LogP contribution is -2.34. The van der Waals surface area contributed by atoms with E-state index in [1.54, 1.807) is 49.1 Å². The minimum Gasteiger partial charge on any atom is -0.443 e. The average Bonchev–Trinajstić information content (AvgIpc) is 3.08. The Balaban J connectivity index is 2.11. The third kappa shape index (κ3) is 4.37. The van der Waals surface area contributed by atoms with Gasteiger partial charge in [-0.2, -0.15) is 0 Å². The Labute approximate surface area is 132 Å². The first kappa shape index (κ1) is 16.1. The second-order valence-corrected chi connectivity index (χ2v) is 5.27. The van der Waals surface area contributed by atoms with E-state index in [0.717, 1.165) is 0 Å². The van der Waals surface area contributed by atoms with Crippen LogP contribution in [0.2, 0.25) is 0 Å². The molecule has 0 aromatic carbocycles. The highest BCUT2D eigenvalue weighted by atomic mass is 32.1. The number of nitrogens with one attached hydrogen (secondary N) is 1. The van der Waals surface area contributed by atoms with E-state index in [1.165, 1.54) is 11.3 Å². The Hall–Kier alpha value is -2.25. The molecule has 1 unspecified atom stereocenters. The number of carbonyl (C=O) groups is 2. The van der Waals surface area contributed by atoms with Gasteiger partial charge in [0.05, 0.1) is 6.61 Å². The van der Waals surface area contributed by atoms with Crippen LogP contribution in [0.3, 0.4) is 0 Å². The summed E-state index contributed by atoms with van der Waals surface area (Å²) in [6, 6.07) is 6.69. The van der Waals surface area contributed by atoms with Gasteiger partial charge in [0.15, 0.2) is 0 Å². The lowest BCUT2D eigenvalue weighted by atomic mass is 10.1. The number of carbonyl (C=O) groups excluding carboxylic acids is 2. The molecule has 6 nitrogen and oxygen atoms in total. The zero-order valence-electron chi connectivity index (χ0n) is 12.0. The lowest BCUT2D eigenvalue weighted by Gasteiger charge is -2.17. The Morgan fingerprint density at radius 2 is 2.09 bits per heavy atom. The van der Waals surface area contributed by atoms with Gasteiger partial charge in [-0.05, 0) is 23.6 Å². The quantitative estimate of drug-likeness (QED) is 0.622. The summed E-state index contributed by atoms with van der Waals surface area (Å²) in [7, 11) is 1.54. The standard InChI is InChI=1S/C15H16N2O4S/c1-20-9-8-17-14(18)13(11-4-6-16-7-5-11)21-15(19)12-3-2-10-22-12/h2-7,10,13H,8-9H2,1H3,(H,17,18). The highest BCUT2D eigenvalue weighted by Gasteiger charge is 2.25. The van der Waals surface area contributed by atoms with Crippen LogP contribution in [-0.2, 0) is 14.3 Å². The van der Waals surface area contributed by atoms with Gasteiger partial charge in [-0.15, -0.1) is 11.3 Å². The topological polar surface area (TPSA) is 77.5 Å². The SMILES string of the molecule is COCCNC(=O)C(OC(=O)c1cccs1)c1ccncc1. The van der Waals surface area contributed by atoms with Gasteiger partial charge in [0.2, 0.25) is 6.10 Å². The Morgan fingerprint density at radius 3 is 2.73 bits per heavy atom. The molecule has 0 radical (unpaired) electrons. The van der Waals surface area contributed by atoms with Gasteiger partial charge in [0.1, 0.15) is 4.88 Å². The summed E-state index contributed by atoms with van der Waals surface area (Å²) in [6.07, 6.45) is 2.07. The molecule has 0 saturated heterocycles. The molecule has 0 aliphatic carbocycles. The molecule has 22 heavy (non-hydrogen) atoms. The molecule has 0 fully saturated rings. The Bertz CT molecular complexity index is 601. The fraction of sp³-hybridized carbons (Fsp3) is 0.267. The minimum absolute atomic E-state index is 0.341. The number of rotatable bonds is 7. The number of nitrogens with zero attached hydrogens (tertiary/aromatic N) is 1. The van der Waals surface area contributed by atoms with E-state index in [1.807, 2.05) is 0 Å². The van der Waals surface area contributed by atoms with Crippen molar-refractivity contribution in [3.63, 3.8) is 0 Å². The van der Waals surface area contributed by atoms with Crippen LogP contribution >= 0.6 is 11.3 Å². The van der Waals surface area contributed by atoms with Crippen LogP contribution in [0, 0.1) is 0 Å². The molecular weight excluding hydrogens is 304 g/mol. The number of pyridine rings is 1. The monoisotopic (exact) mass is 320 g/mol. The molecule has 1 atom stereocenters. The number of amides is 1. The largest absolute Gasteiger partial charge is 0.443 e. The molecule has 7 heteroatoms. The smallest absolute Gasteiger partial charge is 0.349 e. The molecule has 2 rings (SSSR count). The Kier molecular flexibility index (Phi) is 6.05. The summed E-state index contributed by atoms with van der Waals surface area (Å²) in [5, 5.41) is 4.45. The van der Waals surface area contributed by atoms with Crippen molar-refractivity contribution in [2.24, 2.45) is 0 Å². The maximum absolute atomic E-state index is 12.3. The molecule has 0 aliphatic heterocycles. The first-order valence-corrected chi connectivity index (χ1v) is 7.51. The van der Waals surface area contributed by atoms with Crippen molar-refractivity contribution in [3.8, 4) is 0 Å². The summed E-state index contributed by atoms with van der Waals surface area (Å²) in [5.41, 5.74) is 0.565. The fourth-order valence-corrected chi connectivity index (χ4v) is 2.35. The van der Waals surface area contributed by atoms with Crippen molar-refractivity contribution in [2.75, 3.05) is 20.3 Å². The first-order chi connectivity index (χ1) is 10.7. The maximum atomic E-state index is 12.3. The second-order valence-electron chi connectivity index (χ2n) is 4.33. The van der Waals surface area contributed by atoms with Gasteiger partial charge >= 0.3 is 5.97 Å². The molecule has 2 heterocycles. The molecule has 0 spiro atoms. The molecule has 2 aromatic rings. The number of hydrogen-bond donors (Lipinski definition) is 1. The molecule has 0 aliphatic rings. The van der Waals surface area contributed by atoms with E-state index in [2.05, 4.69) is 10.3 Å². The van der Waals surface area contributed by atoms with Gasteiger partial charge < -0.3 is 14.8 Å². The number of aromatic nitrogens is 1.